The number of hydrogen-bond donors (Lipinski definition) is 1. The predicted molar refractivity (Wildman–Crippen MR) is 128 cm³/mol. The molecule has 1 amide bonds. The Hall–Kier alpha value is -3.03. The van der Waals surface area contributed by atoms with Crippen molar-refractivity contribution >= 4 is 17.5 Å². The Bertz CT molecular complexity index is 1100. The average molecular weight is 472 g/mol. The Morgan fingerprint density at radius 1 is 1.09 bits per heavy atom. The average Bonchev–Trinajstić information content (AvgIpc) is 3.06. The molecule has 0 saturated heterocycles. The third-order valence-corrected chi connectivity index (χ3v) is 5.70. The third kappa shape index (κ3) is 6.49. The number of nitrogens with zero attached hydrogens (tertiary/aromatic N) is 2. The fraction of sp³-hybridized carbons (Fsp3) is 0.360. The third-order valence-electron chi connectivity index (χ3n) is 5.24. The van der Waals surface area contributed by atoms with Gasteiger partial charge in [0.25, 0.3) is 5.91 Å². The van der Waals surface area contributed by atoms with E-state index in [1.54, 1.807) is 21.1 Å². The van der Waals surface area contributed by atoms with E-state index < -0.39 is 0 Å². The van der Waals surface area contributed by atoms with Crippen molar-refractivity contribution < 1.29 is 19.0 Å². The molecule has 1 N–H and O–H groups in total. The Labute approximate surface area is 199 Å². The molecule has 7 nitrogen and oxygen atoms in total. The van der Waals surface area contributed by atoms with Gasteiger partial charge in [-0.15, -0.1) is 0 Å². The number of carbonyl (C=O) groups excluding carboxylic acids is 1. The second kappa shape index (κ2) is 11.7. The second-order valence-electron chi connectivity index (χ2n) is 7.72. The number of nitrogens with one attached hydrogen (secondary N) is 1. The van der Waals surface area contributed by atoms with Gasteiger partial charge in [0.2, 0.25) is 0 Å². The van der Waals surface area contributed by atoms with Crippen LogP contribution in [0.3, 0.4) is 0 Å². The van der Waals surface area contributed by atoms with Crippen LogP contribution in [0.5, 0.6) is 11.5 Å². The van der Waals surface area contributed by atoms with Gasteiger partial charge in [-0.25, -0.2) is 0 Å². The van der Waals surface area contributed by atoms with Crippen molar-refractivity contribution in [1.29, 1.82) is 0 Å². The van der Waals surface area contributed by atoms with E-state index in [4.69, 9.17) is 25.8 Å². The van der Waals surface area contributed by atoms with Gasteiger partial charge in [0.05, 0.1) is 23.9 Å². The Kier molecular flexibility index (Phi) is 8.74. The summed E-state index contributed by atoms with van der Waals surface area (Å²) in [5.41, 5.74) is 4.48. The summed E-state index contributed by atoms with van der Waals surface area (Å²) in [6.07, 6.45) is 0.887. The molecule has 0 aliphatic heterocycles. The number of halogens is 1. The number of aromatic nitrogens is 2. The minimum atomic E-state index is -0.291. The van der Waals surface area contributed by atoms with Gasteiger partial charge >= 0.3 is 0 Å². The van der Waals surface area contributed by atoms with Crippen molar-refractivity contribution in [3.63, 3.8) is 0 Å². The van der Waals surface area contributed by atoms with Crippen LogP contribution >= 0.6 is 11.6 Å². The summed E-state index contributed by atoms with van der Waals surface area (Å²) in [6, 6.07) is 13.9. The highest BCUT2D eigenvalue weighted by molar-refractivity contribution is 6.34. The molecule has 2 aromatic carbocycles. The van der Waals surface area contributed by atoms with E-state index in [-0.39, 0.29) is 12.5 Å². The maximum absolute atomic E-state index is 12.4. The topological polar surface area (TPSA) is 74.6 Å². The molecular formula is C25H30ClN3O4. The van der Waals surface area contributed by atoms with Crippen LogP contribution in [0.15, 0.2) is 42.5 Å². The molecule has 0 fully saturated rings. The van der Waals surface area contributed by atoms with Crippen LogP contribution in [0.25, 0.3) is 0 Å². The second-order valence-corrected chi connectivity index (χ2v) is 8.09. The standard InChI is InChI=1S/C25H30ClN3O4/c1-17-15-19(11-13-31-4)9-10-20(17)16-33-22-8-6-5-7-21(22)32-14-12-27-25(30)24-23(26)18(2)28-29(24)3/h5-10,15H,11-14,16H2,1-4H3,(H,27,30). The van der Waals surface area contributed by atoms with Gasteiger partial charge < -0.3 is 19.5 Å². The van der Waals surface area contributed by atoms with Gasteiger partial charge in [-0.3, -0.25) is 9.48 Å². The molecule has 0 saturated carbocycles. The molecule has 1 heterocycles. The number of carbonyl (C=O) groups is 1. The van der Waals surface area contributed by atoms with E-state index >= 15 is 0 Å². The molecule has 0 radical (unpaired) electrons. The number of amides is 1. The molecule has 8 heteroatoms. The van der Waals surface area contributed by atoms with Crippen LogP contribution in [-0.4, -0.2) is 42.6 Å². The van der Waals surface area contributed by atoms with Gasteiger partial charge in [0, 0.05) is 14.2 Å². The quantitative estimate of drug-likeness (QED) is 0.423. The van der Waals surface area contributed by atoms with E-state index in [0.29, 0.717) is 47.7 Å². The summed E-state index contributed by atoms with van der Waals surface area (Å²) < 4.78 is 18.5. The van der Waals surface area contributed by atoms with Crippen LogP contribution in [0.4, 0.5) is 0 Å². The lowest BCUT2D eigenvalue weighted by atomic mass is 10.0. The molecule has 0 bridgehead atoms. The van der Waals surface area contributed by atoms with Gasteiger partial charge in [0.1, 0.15) is 18.9 Å². The Balaban J connectivity index is 1.53. The van der Waals surface area contributed by atoms with E-state index in [9.17, 15) is 4.79 Å². The first-order chi connectivity index (χ1) is 15.9. The lowest BCUT2D eigenvalue weighted by Crippen LogP contribution is -2.30. The monoisotopic (exact) mass is 471 g/mol. The van der Waals surface area contributed by atoms with Gasteiger partial charge in [-0.2, -0.15) is 5.10 Å². The summed E-state index contributed by atoms with van der Waals surface area (Å²) in [6.45, 7) is 5.58. The Morgan fingerprint density at radius 3 is 2.45 bits per heavy atom. The van der Waals surface area contributed by atoms with Crippen molar-refractivity contribution in [3.05, 3.63) is 75.6 Å². The number of aryl methyl sites for hydroxylation is 3. The molecule has 3 rings (SSSR count). The highest BCUT2D eigenvalue weighted by Gasteiger charge is 2.18. The van der Waals surface area contributed by atoms with E-state index in [1.165, 1.54) is 15.8 Å². The number of benzene rings is 2. The van der Waals surface area contributed by atoms with Gasteiger partial charge in [-0.05, 0) is 49.1 Å². The molecule has 0 spiro atoms. The number of rotatable bonds is 11. The summed E-state index contributed by atoms with van der Waals surface area (Å²) in [5, 5.41) is 7.33. The number of para-hydroxylation sites is 2. The SMILES string of the molecule is COCCc1ccc(COc2ccccc2OCCNC(=O)c2c(Cl)c(C)nn2C)c(C)c1. The smallest absolute Gasteiger partial charge is 0.271 e. The van der Waals surface area contributed by atoms with E-state index in [0.717, 1.165) is 12.0 Å². The van der Waals surface area contributed by atoms with Crippen LogP contribution in [0.1, 0.15) is 32.9 Å². The molecule has 3 aromatic rings. The van der Waals surface area contributed by atoms with Gasteiger partial charge in [0.15, 0.2) is 11.5 Å². The summed E-state index contributed by atoms with van der Waals surface area (Å²) >= 11 is 6.17. The number of methoxy groups -OCH3 is 1. The molecule has 0 aliphatic carbocycles. The lowest BCUT2D eigenvalue weighted by molar-refractivity contribution is 0.0937. The minimum absolute atomic E-state index is 0.286. The molecule has 1 aromatic heterocycles. The lowest BCUT2D eigenvalue weighted by Gasteiger charge is -2.14. The summed E-state index contributed by atoms with van der Waals surface area (Å²) in [4.78, 5) is 12.4. The van der Waals surface area contributed by atoms with Crippen LogP contribution < -0.4 is 14.8 Å². The summed E-state index contributed by atoms with van der Waals surface area (Å²) in [7, 11) is 3.40. The molecule has 0 aliphatic rings. The van der Waals surface area contributed by atoms with E-state index in [1.807, 2.05) is 24.3 Å². The molecule has 176 valence electrons. The molecule has 33 heavy (non-hydrogen) atoms. The minimum Gasteiger partial charge on any atom is -0.488 e. The van der Waals surface area contributed by atoms with Crippen molar-refractivity contribution in [2.24, 2.45) is 7.05 Å². The van der Waals surface area contributed by atoms with Crippen LogP contribution in [0, 0.1) is 13.8 Å². The zero-order valence-electron chi connectivity index (χ0n) is 19.5. The zero-order valence-corrected chi connectivity index (χ0v) is 20.2. The number of hydrogen-bond acceptors (Lipinski definition) is 5. The molecule has 0 unspecified atom stereocenters. The largest absolute Gasteiger partial charge is 0.488 e. The highest BCUT2D eigenvalue weighted by Crippen LogP contribution is 2.27. The molecule has 0 atom stereocenters. The van der Waals surface area contributed by atoms with Crippen molar-refractivity contribution in [2.45, 2.75) is 26.9 Å². The predicted octanol–water partition coefficient (Wildman–Crippen LogP) is 4.27. The fourth-order valence-corrected chi connectivity index (χ4v) is 3.67. The highest BCUT2D eigenvalue weighted by atomic mass is 35.5. The Morgan fingerprint density at radius 2 is 1.82 bits per heavy atom. The maximum atomic E-state index is 12.4. The van der Waals surface area contributed by atoms with Gasteiger partial charge in [-0.1, -0.05) is 41.9 Å². The first-order valence-corrected chi connectivity index (χ1v) is 11.2. The molecular weight excluding hydrogens is 442 g/mol. The first kappa shape index (κ1) is 24.6. The van der Waals surface area contributed by atoms with Crippen LogP contribution in [-0.2, 0) is 24.8 Å². The number of ether oxygens (including phenoxy) is 3. The first-order valence-electron chi connectivity index (χ1n) is 10.8. The maximum Gasteiger partial charge on any atom is 0.271 e. The van der Waals surface area contributed by atoms with E-state index in [2.05, 4.69) is 35.5 Å². The van der Waals surface area contributed by atoms with Crippen LogP contribution in [0.2, 0.25) is 5.02 Å². The fourth-order valence-electron chi connectivity index (χ4n) is 3.43. The van der Waals surface area contributed by atoms with Crippen molar-refractivity contribution in [1.82, 2.24) is 15.1 Å². The van der Waals surface area contributed by atoms with Crippen molar-refractivity contribution in [3.8, 4) is 11.5 Å². The summed E-state index contributed by atoms with van der Waals surface area (Å²) in [5.74, 6) is 0.980. The normalized spacial score (nSPS) is 10.8. The zero-order chi connectivity index (χ0) is 23.8. The van der Waals surface area contributed by atoms with Crippen molar-refractivity contribution in [2.75, 3.05) is 26.9 Å².